The van der Waals surface area contributed by atoms with Crippen LogP contribution in [0.5, 0.6) is 17.2 Å². The summed E-state index contributed by atoms with van der Waals surface area (Å²) in [6, 6.07) is 14.7. The monoisotopic (exact) mass is 454 g/mol. The van der Waals surface area contributed by atoms with Gasteiger partial charge in [-0.05, 0) is 54.6 Å². The van der Waals surface area contributed by atoms with Crippen molar-refractivity contribution in [3.05, 3.63) is 90.5 Å². The fourth-order valence-corrected chi connectivity index (χ4v) is 2.96. The number of halogens is 3. The number of hydrogen-bond acceptors (Lipinski definition) is 5. The molecule has 4 aromatic rings. The fourth-order valence-electron chi connectivity index (χ4n) is 2.96. The van der Waals surface area contributed by atoms with Crippen molar-refractivity contribution in [3.63, 3.8) is 0 Å². The van der Waals surface area contributed by atoms with E-state index >= 15 is 0 Å². The van der Waals surface area contributed by atoms with Crippen LogP contribution in [0.1, 0.15) is 16.1 Å². The van der Waals surface area contributed by atoms with Crippen LogP contribution in [0.4, 0.5) is 18.9 Å². The summed E-state index contributed by atoms with van der Waals surface area (Å²) in [6.45, 7) is 0. The van der Waals surface area contributed by atoms with Crippen LogP contribution >= 0.6 is 0 Å². The first kappa shape index (κ1) is 21.9. The third-order valence-corrected chi connectivity index (χ3v) is 4.55. The molecular formula is C23H17F3N4O3. The van der Waals surface area contributed by atoms with E-state index in [-0.39, 0.29) is 17.1 Å². The molecule has 0 unspecified atom stereocenters. The van der Waals surface area contributed by atoms with Crippen LogP contribution in [-0.4, -0.2) is 27.8 Å². The van der Waals surface area contributed by atoms with Crippen molar-refractivity contribution in [1.29, 1.82) is 0 Å². The summed E-state index contributed by atoms with van der Waals surface area (Å²) in [7, 11) is 1.34. The fraction of sp³-hybridized carbons (Fsp3) is 0.0870. The molecule has 0 bridgehead atoms. The first-order valence-corrected chi connectivity index (χ1v) is 9.64. The Labute approximate surface area is 186 Å². The zero-order valence-electron chi connectivity index (χ0n) is 17.2. The molecule has 0 aliphatic heterocycles. The normalized spacial score (nSPS) is 11.2. The number of ether oxygens (including phenoxy) is 2. The van der Waals surface area contributed by atoms with E-state index in [4.69, 9.17) is 9.47 Å². The lowest BCUT2D eigenvalue weighted by Crippen LogP contribution is -2.14. The van der Waals surface area contributed by atoms with Crippen LogP contribution in [0.2, 0.25) is 0 Å². The second-order valence-electron chi connectivity index (χ2n) is 6.80. The Morgan fingerprint density at radius 1 is 1.00 bits per heavy atom. The van der Waals surface area contributed by atoms with Crippen LogP contribution in [0, 0.1) is 0 Å². The molecule has 168 valence electrons. The molecule has 1 N–H and O–H groups in total. The van der Waals surface area contributed by atoms with Crippen LogP contribution < -0.4 is 14.8 Å². The van der Waals surface area contributed by atoms with Crippen molar-refractivity contribution in [1.82, 2.24) is 14.8 Å². The second-order valence-corrected chi connectivity index (χ2v) is 6.80. The molecule has 1 amide bonds. The number of benzene rings is 2. The van der Waals surface area contributed by atoms with Crippen molar-refractivity contribution < 1.29 is 27.4 Å². The molecule has 0 atom stereocenters. The van der Waals surface area contributed by atoms with Gasteiger partial charge in [-0.2, -0.15) is 18.3 Å². The zero-order valence-corrected chi connectivity index (χ0v) is 17.2. The number of alkyl halides is 3. The van der Waals surface area contributed by atoms with Crippen LogP contribution in [0.3, 0.4) is 0 Å². The van der Waals surface area contributed by atoms with Gasteiger partial charge in [-0.3, -0.25) is 9.78 Å². The quantitative estimate of drug-likeness (QED) is 0.426. The molecule has 10 heteroatoms. The minimum atomic E-state index is -4.50. The molecule has 0 saturated heterocycles. The van der Waals surface area contributed by atoms with Gasteiger partial charge in [0.25, 0.3) is 5.91 Å². The summed E-state index contributed by atoms with van der Waals surface area (Å²) in [5.41, 5.74) is -0.292. The van der Waals surface area contributed by atoms with Crippen LogP contribution in [0.25, 0.3) is 5.69 Å². The third-order valence-electron chi connectivity index (χ3n) is 4.55. The molecule has 0 saturated carbocycles. The van der Waals surface area contributed by atoms with Crippen molar-refractivity contribution >= 4 is 11.6 Å². The number of aromatic nitrogens is 3. The van der Waals surface area contributed by atoms with E-state index in [1.54, 1.807) is 48.8 Å². The lowest BCUT2D eigenvalue weighted by molar-refractivity contribution is -0.137. The van der Waals surface area contributed by atoms with E-state index in [0.717, 1.165) is 16.8 Å². The Morgan fingerprint density at radius 2 is 1.70 bits per heavy atom. The Kier molecular flexibility index (Phi) is 5.99. The van der Waals surface area contributed by atoms with Gasteiger partial charge >= 0.3 is 6.18 Å². The van der Waals surface area contributed by atoms with E-state index in [9.17, 15) is 18.0 Å². The molecule has 7 nitrogen and oxygen atoms in total. The average Bonchev–Trinajstić information content (AvgIpc) is 3.25. The molecule has 0 spiro atoms. The molecule has 0 aliphatic rings. The number of pyridine rings is 1. The molecule has 0 fully saturated rings. The van der Waals surface area contributed by atoms with Gasteiger partial charge in [-0.15, -0.1) is 0 Å². The molecular weight excluding hydrogens is 437 g/mol. The van der Waals surface area contributed by atoms with Gasteiger partial charge in [-0.1, -0.05) is 6.07 Å². The predicted octanol–water partition coefficient (Wildman–Crippen LogP) is 5.34. The van der Waals surface area contributed by atoms with Gasteiger partial charge in [0.2, 0.25) is 0 Å². The van der Waals surface area contributed by atoms with Crippen molar-refractivity contribution in [2.75, 3.05) is 12.4 Å². The van der Waals surface area contributed by atoms with Gasteiger partial charge in [0.15, 0.2) is 11.4 Å². The van der Waals surface area contributed by atoms with E-state index in [0.29, 0.717) is 17.2 Å². The Balaban J connectivity index is 1.51. The van der Waals surface area contributed by atoms with E-state index in [1.807, 2.05) is 0 Å². The number of nitrogens with one attached hydrogen (secondary N) is 1. The smallest absolute Gasteiger partial charge is 0.416 e. The SMILES string of the molecule is COc1cn(-c2cccc(C(F)(F)F)c2)nc1C(=O)Nc1ccc(Oc2ccncc2)cc1. The highest BCUT2D eigenvalue weighted by molar-refractivity contribution is 6.04. The summed E-state index contributed by atoms with van der Waals surface area (Å²) in [4.78, 5) is 16.7. The Bertz CT molecular complexity index is 1260. The number of anilines is 1. The molecule has 33 heavy (non-hydrogen) atoms. The Morgan fingerprint density at radius 3 is 2.36 bits per heavy atom. The lowest BCUT2D eigenvalue weighted by Gasteiger charge is -2.08. The van der Waals surface area contributed by atoms with Gasteiger partial charge in [0.05, 0.1) is 24.6 Å². The number of methoxy groups -OCH3 is 1. The van der Waals surface area contributed by atoms with E-state index in [1.165, 1.54) is 25.4 Å². The van der Waals surface area contributed by atoms with Gasteiger partial charge < -0.3 is 14.8 Å². The maximum Gasteiger partial charge on any atom is 0.416 e. The summed E-state index contributed by atoms with van der Waals surface area (Å²) in [5.74, 6) is 0.709. The molecule has 0 aliphatic carbocycles. The summed E-state index contributed by atoms with van der Waals surface area (Å²) in [6.07, 6.45) is 0.0580. The topological polar surface area (TPSA) is 78.3 Å². The van der Waals surface area contributed by atoms with Gasteiger partial charge in [0.1, 0.15) is 11.5 Å². The zero-order chi connectivity index (χ0) is 23.4. The minimum absolute atomic E-state index is 0.0768. The van der Waals surface area contributed by atoms with Crippen LogP contribution in [0.15, 0.2) is 79.3 Å². The number of nitrogens with zero attached hydrogens (tertiary/aromatic N) is 3. The Hall–Kier alpha value is -4.34. The summed E-state index contributed by atoms with van der Waals surface area (Å²) >= 11 is 0. The van der Waals surface area contributed by atoms with Gasteiger partial charge in [-0.25, -0.2) is 4.68 Å². The van der Waals surface area contributed by atoms with Crippen LogP contribution in [-0.2, 0) is 6.18 Å². The minimum Gasteiger partial charge on any atom is -0.493 e. The number of amides is 1. The molecule has 2 aromatic heterocycles. The maximum atomic E-state index is 13.0. The average molecular weight is 454 g/mol. The highest BCUT2D eigenvalue weighted by atomic mass is 19.4. The first-order valence-electron chi connectivity index (χ1n) is 9.64. The van der Waals surface area contributed by atoms with Crippen molar-refractivity contribution in [3.8, 4) is 22.9 Å². The van der Waals surface area contributed by atoms with Crippen molar-refractivity contribution in [2.45, 2.75) is 6.18 Å². The summed E-state index contributed by atoms with van der Waals surface area (Å²) in [5, 5.41) is 6.81. The first-order chi connectivity index (χ1) is 15.8. The highest BCUT2D eigenvalue weighted by Gasteiger charge is 2.30. The predicted molar refractivity (Wildman–Crippen MR) is 114 cm³/mol. The molecule has 4 rings (SSSR count). The maximum absolute atomic E-state index is 13.0. The molecule has 2 aromatic carbocycles. The number of carbonyl (C=O) groups excluding carboxylic acids is 1. The molecule has 2 heterocycles. The standard InChI is InChI=1S/C23H17F3N4O3/c1-32-20-14-30(17-4-2-3-15(13-17)23(24,25)26)29-21(20)22(31)28-16-5-7-18(8-6-16)33-19-9-11-27-12-10-19/h2-14H,1H3,(H,28,31). The lowest BCUT2D eigenvalue weighted by atomic mass is 10.2. The number of hydrogen-bond donors (Lipinski definition) is 1. The third kappa shape index (κ3) is 5.12. The largest absolute Gasteiger partial charge is 0.493 e. The van der Waals surface area contributed by atoms with Gasteiger partial charge in [0, 0.05) is 18.1 Å². The van der Waals surface area contributed by atoms with E-state index < -0.39 is 17.6 Å². The number of rotatable bonds is 6. The highest BCUT2D eigenvalue weighted by Crippen LogP contribution is 2.31. The second kappa shape index (κ2) is 9.03. The number of carbonyl (C=O) groups is 1. The summed E-state index contributed by atoms with van der Waals surface area (Å²) < 4.78 is 51.1. The van der Waals surface area contributed by atoms with E-state index in [2.05, 4.69) is 15.4 Å². The van der Waals surface area contributed by atoms with Crippen molar-refractivity contribution in [2.24, 2.45) is 0 Å². The molecule has 0 radical (unpaired) electrons.